The van der Waals surface area contributed by atoms with Gasteiger partial charge in [-0.05, 0) is 22.0 Å². The van der Waals surface area contributed by atoms with E-state index in [4.69, 9.17) is 10.5 Å². The molecule has 76 valence electrons. The molecule has 0 spiro atoms. The van der Waals surface area contributed by atoms with Crippen LogP contribution >= 0.6 is 15.9 Å². The van der Waals surface area contributed by atoms with Gasteiger partial charge in [-0.2, -0.15) is 10.5 Å². The molecular formula is C9H4BrF2N3. The van der Waals surface area contributed by atoms with Crippen molar-refractivity contribution in [3.05, 3.63) is 27.5 Å². The van der Waals surface area contributed by atoms with Crippen molar-refractivity contribution in [2.24, 2.45) is 0 Å². The van der Waals surface area contributed by atoms with Crippen molar-refractivity contribution in [1.82, 2.24) is 4.98 Å². The van der Waals surface area contributed by atoms with Gasteiger partial charge in [0, 0.05) is 5.56 Å². The molecule has 15 heavy (non-hydrogen) atoms. The predicted octanol–water partition coefficient (Wildman–Crippen LogP) is 2.72. The summed E-state index contributed by atoms with van der Waals surface area (Å²) in [4.78, 5) is 3.82. The van der Waals surface area contributed by atoms with E-state index in [1.807, 2.05) is 0 Å². The van der Waals surface area contributed by atoms with E-state index in [1.165, 1.54) is 0 Å². The number of hydrogen-bond donors (Lipinski definition) is 0. The lowest BCUT2D eigenvalue weighted by Crippen LogP contribution is -1.99. The van der Waals surface area contributed by atoms with E-state index in [2.05, 4.69) is 20.9 Å². The van der Waals surface area contributed by atoms with Crippen LogP contribution in [0.25, 0.3) is 0 Å². The van der Waals surface area contributed by atoms with Crippen LogP contribution in [0.3, 0.4) is 0 Å². The van der Waals surface area contributed by atoms with Gasteiger partial charge in [-0.3, -0.25) is 0 Å². The summed E-state index contributed by atoms with van der Waals surface area (Å²) in [5.41, 5.74) is -0.366. The van der Waals surface area contributed by atoms with Crippen molar-refractivity contribution in [1.29, 1.82) is 10.5 Å². The van der Waals surface area contributed by atoms with Crippen LogP contribution < -0.4 is 0 Å². The van der Waals surface area contributed by atoms with Crippen LogP contribution in [0.5, 0.6) is 0 Å². The van der Waals surface area contributed by atoms with Crippen molar-refractivity contribution < 1.29 is 8.78 Å². The first kappa shape index (κ1) is 11.5. The second-order valence-electron chi connectivity index (χ2n) is 2.62. The fourth-order valence-corrected chi connectivity index (χ4v) is 1.58. The van der Waals surface area contributed by atoms with E-state index in [1.54, 1.807) is 12.1 Å². The highest BCUT2D eigenvalue weighted by Gasteiger charge is 2.17. The Morgan fingerprint density at radius 2 is 2.13 bits per heavy atom. The number of pyridine rings is 1. The van der Waals surface area contributed by atoms with Crippen molar-refractivity contribution in [2.45, 2.75) is 12.8 Å². The Bertz CT molecular complexity index is 460. The van der Waals surface area contributed by atoms with E-state index in [0.717, 1.165) is 6.07 Å². The van der Waals surface area contributed by atoms with Gasteiger partial charge < -0.3 is 0 Å². The highest BCUT2D eigenvalue weighted by atomic mass is 79.9. The molecule has 1 rings (SSSR count). The Morgan fingerprint density at radius 1 is 1.47 bits per heavy atom. The standard InChI is InChI=1S/C9H4BrF2N3/c10-8-7(4-14)6(9(11)12)3-5(15-8)1-2-13/h3,9H,1H2. The number of aromatic nitrogens is 1. The zero-order valence-electron chi connectivity index (χ0n) is 7.34. The molecule has 0 aliphatic rings. The molecule has 1 aromatic rings. The van der Waals surface area contributed by atoms with Gasteiger partial charge in [-0.1, -0.05) is 0 Å². The number of hydrogen-bond acceptors (Lipinski definition) is 3. The van der Waals surface area contributed by atoms with Gasteiger partial charge in [0.1, 0.15) is 10.7 Å². The Labute approximate surface area is 93.1 Å². The van der Waals surface area contributed by atoms with Crippen LogP contribution in [0.2, 0.25) is 0 Å². The fraction of sp³-hybridized carbons (Fsp3) is 0.222. The third-order valence-electron chi connectivity index (χ3n) is 1.67. The summed E-state index contributed by atoms with van der Waals surface area (Å²) in [5.74, 6) is 0. The Morgan fingerprint density at radius 3 is 2.60 bits per heavy atom. The van der Waals surface area contributed by atoms with Crippen LogP contribution in [0.4, 0.5) is 8.78 Å². The zero-order chi connectivity index (χ0) is 11.4. The van der Waals surface area contributed by atoms with Crippen molar-refractivity contribution in [3.8, 4) is 12.1 Å². The van der Waals surface area contributed by atoms with Crippen LogP contribution in [-0.2, 0) is 6.42 Å². The van der Waals surface area contributed by atoms with Gasteiger partial charge in [0.2, 0.25) is 0 Å². The Hall–Kier alpha value is -1.53. The molecule has 0 saturated heterocycles. The maximum absolute atomic E-state index is 12.5. The SMILES string of the molecule is N#CCc1cc(C(F)F)c(C#N)c(Br)n1. The van der Waals surface area contributed by atoms with Crippen LogP contribution in [0.15, 0.2) is 10.7 Å². The van der Waals surface area contributed by atoms with Crippen molar-refractivity contribution in [2.75, 3.05) is 0 Å². The summed E-state index contributed by atoms with van der Waals surface area (Å²) in [6.45, 7) is 0. The first-order valence-electron chi connectivity index (χ1n) is 3.84. The van der Waals surface area contributed by atoms with Crippen molar-refractivity contribution >= 4 is 15.9 Å². The van der Waals surface area contributed by atoms with Gasteiger partial charge >= 0.3 is 0 Å². The molecule has 0 atom stereocenters. The number of halogens is 3. The van der Waals surface area contributed by atoms with Gasteiger partial charge in [0.25, 0.3) is 6.43 Å². The first-order valence-corrected chi connectivity index (χ1v) is 4.64. The highest BCUT2D eigenvalue weighted by molar-refractivity contribution is 9.10. The molecule has 0 bridgehead atoms. The lowest BCUT2D eigenvalue weighted by Gasteiger charge is -2.05. The molecule has 0 saturated carbocycles. The smallest absolute Gasteiger partial charge is 0.243 e. The maximum atomic E-state index is 12.5. The monoisotopic (exact) mass is 271 g/mol. The molecule has 0 aliphatic carbocycles. The summed E-state index contributed by atoms with van der Waals surface area (Å²) in [7, 11) is 0. The minimum absolute atomic E-state index is 0.0491. The number of nitriles is 2. The van der Waals surface area contributed by atoms with Crippen LogP contribution in [-0.4, -0.2) is 4.98 Å². The summed E-state index contributed by atoms with van der Waals surface area (Å²) < 4.78 is 25.1. The number of alkyl halides is 2. The van der Waals surface area contributed by atoms with Gasteiger partial charge in [-0.15, -0.1) is 0 Å². The first-order chi connectivity index (χ1) is 7.10. The Kier molecular flexibility index (Phi) is 3.70. The summed E-state index contributed by atoms with van der Waals surface area (Å²) in [6, 6.07) is 4.53. The van der Waals surface area contributed by atoms with Gasteiger partial charge in [-0.25, -0.2) is 13.8 Å². The quantitative estimate of drug-likeness (QED) is 0.777. The lowest BCUT2D eigenvalue weighted by atomic mass is 10.1. The average Bonchev–Trinajstić information content (AvgIpc) is 2.17. The maximum Gasteiger partial charge on any atom is 0.265 e. The summed E-state index contributed by atoms with van der Waals surface area (Å²) >= 11 is 2.92. The van der Waals surface area contributed by atoms with Gasteiger partial charge in [0.15, 0.2) is 0 Å². The van der Waals surface area contributed by atoms with E-state index in [-0.39, 0.29) is 22.3 Å². The van der Waals surface area contributed by atoms with E-state index < -0.39 is 12.0 Å². The number of rotatable bonds is 2. The topological polar surface area (TPSA) is 60.5 Å². The molecule has 1 heterocycles. The Balaban J connectivity index is 3.35. The summed E-state index contributed by atoms with van der Waals surface area (Å²) in [6.07, 6.45) is -2.82. The average molecular weight is 272 g/mol. The van der Waals surface area contributed by atoms with Gasteiger partial charge in [0.05, 0.1) is 23.7 Å². The largest absolute Gasteiger partial charge is 0.265 e. The van der Waals surface area contributed by atoms with Crippen LogP contribution in [0, 0.1) is 22.7 Å². The zero-order valence-corrected chi connectivity index (χ0v) is 8.92. The van der Waals surface area contributed by atoms with E-state index in [0.29, 0.717) is 0 Å². The molecule has 0 fully saturated rings. The van der Waals surface area contributed by atoms with E-state index in [9.17, 15) is 8.78 Å². The predicted molar refractivity (Wildman–Crippen MR) is 50.9 cm³/mol. The minimum atomic E-state index is -2.75. The molecular weight excluding hydrogens is 268 g/mol. The fourth-order valence-electron chi connectivity index (χ4n) is 1.04. The van der Waals surface area contributed by atoms with E-state index >= 15 is 0 Å². The third kappa shape index (κ3) is 2.48. The molecule has 1 aromatic heterocycles. The third-order valence-corrected chi connectivity index (χ3v) is 2.24. The van der Waals surface area contributed by atoms with Crippen molar-refractivity contribution in [3.63, 3.8) is 0 Å². The second kappa shape index (κ2) is 4.81. The lowest BCUT2D eigenvalue weighted by molar-refractivity contribution is 0.150. The number of nitrogens with zero attached hydrogens (tertiary/aromatic N) is 3. The molecule has 0 aromatic carbocycles. The molecule has 0 radical (unpaired) electrons. The molecule has 3 nitrogen and oxygen atoms in total. The van der Waals surface area contributed by atoms with Crippen LogP contribution in [0.1, 0.15) is 23.2 Å². The normalized spacial score (nSPS) is 9.73. The second-order valence-corrected chi connectivity index (χ2v) is 3.37. The molecule has 0 aliphatic heterocycles. The molecule has 6 heteroatoms. The molecule has 0 amide bonds. The summed E-state index contributed by atoms with van der Waals surface area (Å²) in [5, 5.41) is 17.1. The molecule has 0 unspecified atom stereocenters. The minimum Gasteiger partial charge on any atom is -0.243 e. The molecule has 0 N–H and O–H groups in total. The highest BCUT2D eigenvalue weighted by Crippen LogP contribution is 2.27.